The maximum atomic E-state index is 13.5. The van der Waals surface area contributed by atoms with Gasteiger partial charge in [-0.2, -0.15) is 0 Å². The summed E-state index contributed by atoms with van der Waals surface area (Å²) in [6.07, 6.45) is 0.812. The molecule has 1 aromatic carbocycles. The van der Waals surface area contributed by atoms with Gasteiger partial charge in [-0.15, -0.1) is 0 Å². The van der Waals surface area contributed by atoms with E-state index in [0.29, 0.717) is 11.0 Å². The van der Waals surface area contributed by atoms with E-state index in [2.05, 4.69) is 26.6 Å². The van der Waals surface area contributed by atoms with Crippen molar-refractivity contribution in [2.24, 2.45) is 0 Å². The molecule has 1 unspecified atom stereocenters. The lowest BCUT2D eigenvalue weighted by atomic mass is 10.2. The van der Waals surface area contributed by atoms with Gasteiger partial charge in [-0.25, -0.2) is 4.39 Å². The number of carbonyl (C=O) groups excluding carboxylic acids is 2. The van der Waals surface area contributed by atoms with Crippen LogP contribution >= 0.6 is 15.9 Å². The van der Waals surface area contributed by atoms with Crippen LogP contribution in [0, 0.1) is 5.82 Å². The highest BCUT2D eigenvalue weighted by Gasteiger charge is 2.18. The van der Waals surface area contributed by atoms with Crippen LogP contribution in [-0.4, -0.2) is 24.4 Å². The number of rotatable bonds is 5. The lowest BCUT2D eigenvalue weighted by Crippen LogP contribution is -2.45. The largest absolute Gasteiger partial charge is 0.354 e. The number of hydrogen-bond donors (Lipinski definition) is 2. The maximum absolute atomic E-state index is 13.5. The molecule has 2 N–H and O–H groups in total. The molecule has 0 saturated heterocycles. The van der Waals surface area contributed by atoms with Crippen LogP contribution in [-0.2, 0) is 4.79 Å². The summed E-state index contributed by atoms with van der Waals surface area (Å²) in [7, 11) is 0. The van der Waals surface area contributed by atoms with E-state index in [4.69, 9.17) is 0 Å². The Bertz CT molecular complexity index is 480. The van der Waals surface area contributed by atoms with Crippen molar-refractivity contribution < 1.29 is 14.0 Å². The van der Waals surface area contributed by atoms with Crippen molar-refractivity contribution in [1.82, 2.24) is 10.6 Å². The second-order valence-corrected chi connectivity index (χ2v) is 5.03. The third kappa shape index (κ3) is 4.63. The zero-order valence-electron chi connectivity index (χ0n) is 10.8. The Balaban J connectivity index is 2.68. The Labute approximate surface area is 119 Å². The number of amides is 2. The van der Waals surface area contributed by atoms with Crippen molar-refractivity contribution in [2.45, 2.75) is 26.3 Å². The molecular weight excluding hydrogens is 315 g/mol. The Morgan fingerprint density at radius 3 is 2.74 bits per heavy atom. The Hall–Kier alpha value is -1.43. The molecule has 0 bridgehead atoms. The molecule has 1 aromatic rings. The summed E-state index contributed by atoms with van der Waals surface area (Å²) in [5.41, 5.74) is -0.0930. The van der Waals surface area contributed by atoms with Gasteiger partial charge in [0.05, 0.1) is 5.56 Å². The predicted octanol–water partition coefficient (Wildman–Crippen LogP) is 2.23. The van der Waals surface area contributed by atoms with E-state index in [1.54, 1.807) is 6.92 Å². The lowest BCUT2D eigenvalue weighted by Gasteiger charge is -2.14. The summed E-state index contributed by atoms with van der Waals surface area (Å²) in [4.78, 5) is 23.4. The monoisotopic (exact) mass is 330 g/mol. The molecule has 4 nitrogen and oxygen atoms in total. The topological polar surface area (TPSA) is 58.2 Å². The number of nitrogens with one attached hydrogen (secondary N) is 2. The van der Waals surface area contributed by atoms with E-state index in [9.17, 15) is 14.0 Å². The van der Waals surface area contributed by atoms with Gasteiger partial charge in [0.1, 0.15) is 11.9 Å². The van der Waals surface area contributed by atoms with Crippen molar-refractivity contribution in [3.05, 3.63) is 34.1 Å². The van der Waals surface area contributed by atoms with E-state index >= 15 is 0 Å². The molecule has 0 radical (unpaired) electrons. The summed E-state index contributed by atoms with van der Waals surface area (Å²) in [5.74, 6) is -1.52. The molecule has 0 saturated carbocycles. The zero-order chi connectivity index (χ0) is 14.4. The molecule has 104 valence electrons. The molecule has 0 heterocycles. The minimum absolute atomic E-state index is 0.0930. The molecule has 0 spiro atoms. The van der Waals surface area contributed by atoms with Crippen LogP contribution < -0.4 is 10.6 Å². The van der Waals surface area contributed by atoms with Crippen molar-refractivity contribution >= 4 is 27.7 Å². The number of carbonyl (C=O) groups is 2. The Kier molecular flexibility index (Phi) is 5.95. The third-order valence-electron chi connectivity index (χ3n) is 2.46. The fourth-order valence-electron chi connectivity index (χ4n) is 1.41. The first-order valence-electron chi connectivity index (χ1n) is 5.99. The highest BCUT2D eigenvalue weighted by atomic mass is 79.9. The Morgan fingerprint density at radius 1 is 1.42 bits per heavy atom. The van der Waals surface area contributed by atoms with E-state index in [0.717, 1.165) is 6.42 Å². The average Bonchev–Trinajstić information content (AvgIpc) is 2.38. The summed E-state index contributed by atoms with van der Waals surface area (Å²) in [6, 6.07) is 3.36. The Morgan fingerprint density at radius 2 is 2.11 bits per heavy atom. The summed E-state index contributed by atoms with van der Waals surface area (Å²) < 4.78 is 14.1. The maximum Gasteiger partial charge on any atom is 0.254 e. The van der Waals surface area contributed by atoms with Gasteiger partial charge in [0.2, 0.25) is 5.91 Å². The first kappa shape index (κ1) is 15.6. The molecule has 0 aromatic heterocycles. The van der Waals surface area contributed by atoms with E-state index in [-0.39, 0.29) is 11.5 Å². The van der Waals surface area contributed by atoms with Gasteiger partial charge in [-0.3, -0.25) is 9.59 Å². The van der Waals surface area contributed by atoms with Gasteiger partial charge in [0.25, 0.3) is 5.91 Å². The lowest BCUT2D eigenvalue weighted by molar-refractivity contribution is -0.122. The van der Waals surface area contributed by atoms with Crippen LogP contribution in [0.25, 0.3) is 0 Å². The fourth-order valence-corrected chi connectivity index (χ4v) is 1.77. The quantitative estimate of drug-likeness (QED) is 0.869. The second kappa shape index (κ2) is 7.23. The normalized spacial score (nSPS) is 11.8. The first-order valence-corrected chi connectivity index (χ1v) is 6.78. The van der Waals surface area contributed by atoms with Gasteiger partial charge in [-0.05, 0) is 31.5 Å². The molecule has 0 aliphatic rings. The van der Waals surface area contributed by atoms with Gasteiger partial charge < -0.3 is 10.6 Å². The molecule has 6 heteroatoms. The second-order valence-electron chi connectivity index (χ2n) is 4.11. The van der Waals surface area contributed by atoms with Crippen LogP contribution in [0.1, 0.15) is 30.6 Å². The molecule has 0 aliphatic heterocycles. The van der Waals surface area contributed by atoms with Crippen LogP contribution in [0.4, 0.5) is 4.39 Å². The first-order chi connectivity index (χ1) is 8.95. The summed E-state index contributed by atoms with van der Waals surface area (Å²) >= 11 is 3.17. The number of halogens is 2. The minimum Gasteiger partial charge on any atom is -0.354 e. The summed E-state index contributed by atoms with van der Waals surface area (Å²) in [5, 5.41) is 5.12. The highest BCUT2D eigenvalue weighted by Crippen LogP contribution is 2.15. The molecule has 1 rings (SSSR count). The van der Waals surface area contributed by atoms with Crippen molar-refractivity contribution in [2.75, 3.05) is 6.54 Å². The standard InChI is InChI=1S/C13H16BrFN2O2/c1-3-6-16-12(18)8(2)17-13(19)10-7-9(14)4-5-11(10)15/h4-5,7-8H,3,6H2,1-2H3,(H,16,18)(H,17,19). The van der Waals surface area contributed by atoms with Crippen molar-refractivity contribution in [3.63, 3.8) is 0 Å². The molecule has 0 fully saturated rings. The van der Waals surface area contributed by atoms with Gasteiger partial charge in [-0.1, -0.05) is 22.9 Å². The molecule has 0 aliphatic carbocycles. The average molecular weight is 331 g/mol. The van der Waals surface area contributed by atoms with E-state index in [1.807, 2.05) is 6.92 Å². The minimum atomic E-state index is -0.711. The van der Waals surface area contributed by atoms with Crippen LogP contribution in [0.2, 0.25) is 0 Å². The number of hydrogen-bond acceptors (Lipinski definition) is 2. The molecule has 19 heavy (non-hydrogen) atoms. The van der Waals surface area contributed by atoms with Crippen molar-refractivity contribution in [1.29, 1.82) is 0 Å². The molecular formula is C13H16BrFN2O2. The smallest absolute Gasteiger partial charge is 0.254 e. The van der Waals surface area contributed by atoms with Crippen molar-refractivity contribution in [3.8, 4) is 0 Å². The highest BCUT2D eigenvalue weighted by molar-refractivity contribution is 9.10. The van der Waals surface area contributed by atoms with Crippen LogP contribution in [0.15, 0.2) is 22.7 Å². The predicted molar refractivity (Wildman–Crippen MR) is 74.3 cm³/mol. The summed E-state index contributed by atoms with van der Waals surface area (Å²) in [6.45, 7) is 4.03. The molecule has 1 atom stereocenters. The SMILES string of the molecule is CCCNC(=O)C(C)NC(=O)c1cc(Br)ccc1F. The van der Waals surface area contributed by atoms with Crippen LogP contribution in [0.5, 0.6) is 0 Å². The van der Waals surface area contributed by atoms with Crippen LogP contribution in [0.3, 0.4) is 0 Å². The third-order valence-corrected chi connectivity index (χ3v) is 2.96. The van der Waals surface area contributed by atoms with Gasteiger partial charge in [0.15, 0.2) is 0 Å². The molecule has 2 amide bonds. The van der Waals surface area contributed by atoms with Gasteiger partial charge >= 0.3 is 0 Å². The van der Waals surface area contributed by atoms with E-state index < -0.39 is 17.8 Å². The zero-order valence-corrected chi connectivity index (χ0v) is 12.4. The van der Waals surface area contributed by atoms with E-state index in [1.165, 1.54) is 18.2 Å². The van der Waals surface area contributed by atoms with Gasteiger partial charge in [0, 0.05) is 11.0 Å². The number of benzene rings is 1. The fraction of sp³-hybridized carbons (Fsp3) is 0.385.